The second kappa shape index (κ2) is 6.75. The number of aromatic nitrogens is 1. The van der Waals surface area contributed by atoms with Crippen molar-refractivity contribution in [1.82, 2.24) is 9.88 Å². The van der Waals surface area contributed by atoms with E-state index in [1.807, 2.05) is 53.4 Å². The summed E-state index contributed by atoms with van der Waals surface area (Å²) in [6.07, 6.45) is 1.88. The van der Waals surface area contributed by atoms with Crippen LogP contribution in [0.2, 0.25) is 0 Å². The van der Waals surface area contributed by atoms with Crippen LogP contribution in [0.3, 0.4) is 0 Å². The third kappa shape index (κ3) is 2.79. The zero-order valence-corrected chi connectivity index (χ0v) is 15.0. The molecule has 3 aromatic rings. The number of nitrogens with zero attached hydrogens (tertiary/aromatic N) is 1. The summed E-state index contributed by atoms with van der Waals surface area (Å²) in [6.45, 7) is 0.735. The van der Waals surface area contributed by atoms with Crippen molar-refractivity contribution in [1.29, 1.82) is 0 Å². The Labute approximate surface area is 152 Å². The van der Waals surface area contributed by atoms with Gasteiger partial charge in [0.1, 0.15) is 17.2 Å². The van der Waals surface area contributed by atoms with Crippen LogP contribution >= 0.6 is 0 Å². The molecule has 0 saturated carbocycles. The topological polar surface area (TPSA) is 54.6 Å². The van der Waals surface area contributed by atoms with Crippen LogP contribution in [0.5, 0.6) is 11.5 Å². The van der Waals surface area contributed by atoms with Gasteiger partial charge in [0.15, 0.2) is 0 Å². The van der Waals surface area contributed by atoms with Crippen molar-refractivity contribution in [3.63, 3.8) is 0 Å². The standard InChI is InChI=1S/C21H22N2O3/c1-25-15-9-10-20(26-2)16(13-15)19-8-5-11-23(19)21(24)18-12-14-6-3-4-7-17(14)22-18/h3-4,6-7,9-10,12-13,19,22H,5,8,11H2,1-2H3. The SMILES string of the molecule is COc1ccc(OC)c(C2CCCN2C(=O)c2cc3ccccc3[nH]2)c1. The summed E-state index contributed by atoms with van der Waals surface area (Å²) in [7, 11) is 3.30. The molecule has 1 N–H and O–H groups in total. The van der Waals surface area contributed by atoms with Gasteiger partial charge in [-0.1, -0.05) is 18.2 Å². The van der Waals surface area contributed by atoms with Crippen LogP contribution in [0.25, 0.3) is 10.9 Å². The molecule has 5 nitrogen and oxygen atoms in total. The maximum atomic E-state index is 13.2. The minimum absolute atomic E-state index is 0.0148. The molecule has 1 saturated heterocycles. The van der Waals surface area contributed by atoms with Gasteiger partial charge >= 0.3 is 0 Å². The first kappa shape index (κ1) is 16.5. The molecule has 0 spiro atoms. The molecule has 1 unspecified atom stereocenters. The minimum atomic E-state index is -0.0148. The minimum Gasteiger partial charge on any atom is -0.497 e. The molecule has 2 heterocycles. The first-order chi connectivity index (χ1) is 12.7. The zero-order chi connectivity index (χ0) is 18.1. The molecule has 1 atom stereocenters. The van der Waals surface area contributed by atoms with Gasteiger partial charge in [0.05, 0.1) is 20.3 Å². The smallest absolute Gasteiger partial charge is 0.270 e. The highest BCUT2D eigenvalue weighted by atomic mass is 16.5. The Morgan fingerprint density at radius 2 is 1.96 bits per heavy atom. The Hall–Kier alpha value is -2.95. The Bertz CT molecular complexity index is 914. The van der Waals surface area contributed by atoms with Gasteiger partial charge in [-0.15, -0.1) is 0 Å². The Kier molecular flexibility index (Phi) is 4.29. The molecule has 4 rings (SSSR count). The third-order valence-corrected chi connectivity index (χ3v) is 5.07. The molecule has 0 aliphatic carbocycles. The number of ether oxygens (including phenoxy) is 2. The summed E-state index contributed by atoms with van der Waals surface area (Å²) in [5.41, 5.74) is 2.60. The highest BCUT2D eigenvalue weighted by molar-refractivity contribution is 5.98. The lowest BCUT2D eigenvalue weighted by atomic mass is 10.0. The number of rotatable bonds is 4. The number of H-pyrrole nitrogens is 1. The largest absolute Gasteiger partial charge is 0.497 e. The van der Waals surface area contributed by atoms with E-state index >= 15 is 0 Å². The number of fused-ring (bicyclic) bond motifs is 1. The van der Waals surface area contributed by atoms with Crippen molar-refractivity contribution in [2.24, 2.45) is 0 Å². The fourth-order valence-electron chi connectivity index (χ4n) is 3.78. The van der Waals surface area contributed by atoms with E-state index in [1.165, 1.54) is 0 Å². The first-order valence-electron chi connectivity index (χ1n) is 8.82. The second-order valence-electron chi connectivity index (χ2n) is 6.53. The maximum Gasteiger partial charge on any atom is 0.270 e. The van der Waals surface area contributed by atoms with E-state index in [0.717, 1.165) is 47.4 Å². The Morgan fingerprint density at radius 1 is 1.12 bits per heavy atom. The van der Waals surface area contributed by atoms with Crippen LogP contribution in [0.1, 0.15) is 34.9 Å². The number of nitrogens with one attached hydrogen (secondary N) is 1. The predicted molar refractivity (Wildman–Crippen MR) is 101 cm³/mol. The van der Waals surface area contributed by atoms with Crippen LogP contribution in [-0.2, 0) is 0 Å². The monoisotopic (exact) mass is 350 g/mol. The van der Waals surface area contributed by atoms with E-state index in [1.54, 1.807) is 14.2 Å². The molecule has 1 aromatic heterocycles. The van der Waals surface area contributed by atoms with Gasteiger partial charge in [0.25, 0.3) is 5.91 Å². The van der Waals surface area contributed by atoms with E-state index in [0.29, 0.717) is 5.69 Å². The molecule has 0 radical (unpaired) electrons. The maximum absolute atomic E-state index is 13.2. The average Bonchev–Trinajstić information content (AvgIpc) is 3.33. The summed E-state index contributed by atoms with van der Waals surface area (Å²) in [6, 6.07) is 15.6. The van der Waals surface area contributed by atoms with Gasteiger partial charge in [-0.3, -0.25) is 4.79 Å². The van der Waals surface area contributed by atoms with Gasteiger partial charge in [0.2, 0.25) is 0 Å². The number of benzene rings is 2. The number of para-hydroxylation sites is 1. The van der Waals surface area contributed by atoms with E-state index in [2.05, 4.69) is 4.98 Å². The quantitative estimate of drug-likeness (QED) is 0.769. The zero-order valence-electron chi connectivity index (χ0n) is 15.0. The van der Waals surface area contributed by atoms with Gasteiger partial charge in [-0.25, -0.2) is 0 Å². The Balaban J connectivity index is 1.69. The number of amides is 1. The van der Waals surface area contributed by atoms with E-state index in [-0.39, 0.29) is 11.9 Å². The fraction of sp³-hybridized carbons (Fsp3) is 0.286. The van der Waals surface area contributed by atoms with Crippen molar-refractivity contribution < 1.29 is 14.3 Å². The number of hydrogen-bond donors (Lipinski definition) is 1. The Morgan fingerprint density at radius 3 is 2.73 bits per heavy atom. The number of methoxy groups -OCH3 is 2. The van der Waals surface area contributed by atoms with Gasteiger partial charge in [-0.05, 0) is 43.2 Å². The number of aromatic amines is 1. The van der Waals surface area contributed by atoms with E-state index in [4.69, 9.17) is 9.47 Å². The average molecular weight is 350 g/mol. The third-order valence-electron chi connectivity index (χ3n) is 5.07. The van der Waals surface area contributed by atoms with Crippen molar-refractivity contribution in [3.05, 3.63) is 59.8 Å². The van der Waals surface area contributed by atoms with Gasteiger partial charge in [-0.2, -0.15) is 0 Å². The molecule has 1 aliphatic heterocycles. The van der Waals surface area contributed by atoms with E-state index < -0.39 is 0 Å². The first-order valence-corrected chi connectivity index (χ1v) is 8.82. The van der Waals surface area contributed by atoms with Crippen molar-refractivity contribution in [2.75, 3.05) is 20.8 Å². The van der Waals surface area contributed by atoms with Crippen LogP contribution in [0.4, 0.5) is 0 Å². The summed E-state index contributed by atoms with van der Waals surface area (Å²) < 4.78 is 10.9. The van der Waals surface area contributed by atoms with Crippen molar-refractivity contribution in [3.8, 4) is 11.5 Å². The molecule has 26 heavy (non-hydrogen) atoms. The molecule has 1 fully saturated rings. The van der Waals surface area contributed by atoms with Crippen LogP contribution in [0.15, 0.2) is 48.5 Å². The molecule has 1 amide bonds. The second-order valence-corrected chi connectivity index (χ2v) is 6.53. The highest BCUT2D eigenvalue weighted by Gasteiger charge is 2.33. The molecule has 1 aliphatic rings. The molecule has 5 heteroatoms. The molecule has 2 aromatic carbocycles. The number of hydrogen-bond acceptors (Lipinski definition) is 3. The lowest BCUT2D eigenvalue weighted by Gasteiger charge is -2.26. The van der Waals surface area contributed by atoms with E-state index in [9.17, 15) is 4.79 Å². The van der Waals surface area contributed by atoms with Crippen LogP contribution in [0, 0.1) is 0 Å². The predicted octanol–water partition coefficient (Wildman–Crippen LogP) is 4.16. The highest BCUT2D eigenvalue weighted by Crippen LogP contribution is 2.39. The van der Waals surface area contributed by atoms with Crippen molar-refractivity contribution >= 4 is 16.8 Å². The molecule has 134 valence electrons. The fourth-order valence-corrected chi connectivity index (χ4v) is 3.78. The summed E-state index contributed by atoms with van der Waals surface area (Å²) in [5.74, 6) is 1.58. The number of carbonyl (C=O) groups excluding carboxylic acids is 1. The summed E-state index contributed by atoms with van der Waals surface area (Å²) >= 11 is 0. The van der Waals surface area contributed by atoms with Crippen LogP contribution < -0.4 is 9.47 Å². The lowest BCUT2D eigenvalue weighted by molar-refractivity contribution is 0.0729. The molecular formula is C21H22N2O3. The molecule has 0 bridgehead atoms. The summed E-state index contributed by atoms with van der Waals surface area (Å²) in [4.78, 5) is 18.4. The molecular weight excluding hydrogens is 328 g/mol. The number of likely N-dealkylation sites (tertiary alicyclic amines) is 1. The summed E-state index contributed by atoms with van der Waals surface area (Å²) in [5, 5.41) is 1.05. The lowest BCUT2D eigenvalue weighted by Crippen LogP contribution is -2.31. The number of carbonyl (C=O) groups is 1. The van der Waals surface area contributed by atoms with Crippen LogP contribution in [-0.4, -0.2) is 36.6 Å². The normalized spacial score (nSPS) is 16.8. The van der Waals surface area contributed by atoms with Gasteiger partial charge in [0, 0.05) is 23.0 Å². The van der Waals surface area contributed by atoms with Crippen molar-refractivity contribution in [2.45, 2.75) is 18.9 Å². The van der Waals surface area contributed by atoms with Gasteiger partial charge < -0.3 is 19.4 Å².